The van der Waals surface area contributed by atoms with Gasteiger partial charge in [-0.1, -0.05) is 0 Å². The van der Waals surface area contributed by atoms with Crippen LogP contribution in [0.2, 0.25) is 0 Å². The lowest BCUT2D eigenvalue weighted by molar-refractivity contribution is -0.146. The van der Waals surface area contributed by atoms with Gasteiger partial charge in [0.1, 0.15) is 5.69 Å². The summed E-state index contributed by atoms with van der Waals surface area (Å²) >= 11 is 0. The number of aromatic amines is 1. The van der Waals surface area contributed by atoms with Gasteiger partial charge >= 0.3 is 11.9 Å². The number of anilines is 3. The summed E-state index contributed by atoms with van der Waals surface area (Å²) in [6, 6.07) is 0. The molecule has 2 heterocycles. The van der Waals surface area contributed by atoms with Crippen LogP contribution in [-0.2, 0) is 19.1 Å². The van der Waals surface area contributed by atoms with Crippen molar-refractivity contribution in [1.82, 2.24) is 9.97 Å². The number of carbonyl (C=O) groups is 2. The van der Waals surface area contributed by atoms with Crippen molar-refractivity contribution in [3.8, 4) is 0 Å². The predicted molar refractivity (Wildman–Crippen MR) is 86.5 cm³/mol. The molecule has 0 atom stereocenters. The number of ether oxygens (including phenoxy) is 2. The topological polar surface area (TPSA) is 140 Å². The SMILES string of the molecule is CC(=O)OCC(CCN1CNc2c1nc(N)[nH]c2=O)COC(C)=O. The zero-order chi connectivity index (χ0) is 17.7. The third-order valence-electron chi connectivity index (χ3n) is 3.52. The summed E-state index contributed by atoms with van der Waals surface area (Å²) < 4.78 is 10.0. The maximum absolute atomic E-state index is 11.8. The van der Waals surface area contributed by atoms with E-state index in [4.69, 9.17) is 15.2 Å². The van der Waals surface area contributed by atoms with Gasteiger partial charge in [0.15, 0.2) is 5.82 Å². The molecular formula is C14H21N5O5. The number of nitrogens with one attached hydrogen (secondary N) is 2. The molecule has 0 spiro atoms. The smallest absolute Gasteiger partial charge is 0.302 e. The van der Waals surface area contributed by atoms with E-state index >= 15 is 0 Å². The molecule has 0 radical (unpaired) electrons. The van der Waals surface area contributed by atoms with Gasteiger partial charge in [-0.05, 0) is 6.42 Å². The fourth-order valence-corrected chi connectivity index (χ4v) is 2.32. The number of aromatic nitrogens is 2. The van der Waals surface area contributed by atoms with Crippen LogP contribution in [0.1, 0.15) is 20.3 Å². The van der Waals surface area contributed by atoms with Crippen molar-refractivity contribution in [2.24, 2.45) is 5.92 Å². The minimum absolute atomic E-state index is 0.0452. The quantitative estimate of drug-likeness (QED) is 0.570. The van der Waals surface area contributed by atoms with Crippen LogP contribution in [-0.4, -0.2) is 48.3 Å². The van der Waals surface area contributed by atoms with Crippen LogP contribution in [0.25, 0.3) is 0 Å². The summed E-state index contributed by atoms with van der Waals surface area (Å²) in [5.41, 5.74) is 5.63. The maximum atomic E-state index is 11.8. The predicted octanol–water partition coefficient (Wildman–Crippen LogP) is -0.326. The Kier molecular flexibility index (Phi) is 5.61. The molecule has 10 heteroatoms. The Balaban J connectivity index is 1.98. The van der Waals surface area contributed by atoms with Gasteiger partial charge in [-0.25, -0.2) is 0 Å². The van der Waals surface area contributed by atoms with E-state index in [0.29, 0.717) is 31.1 Å². The standard InChI is InChI=1S/C14H21N5O5/c1-8(20)23-5-10(6-24-9(2)21)3-4-19-7-16-11-12(19)17-14(15)18-13(11)22/h10,16H,3-7H2,1-2H3,(H3,15,17,18,22). The molecule has 1 aromatic heterocycles. The molecule has 24 heavy (non-hydrogen) atoms. The summed E-state index contributed by atoms with van der Waals surface area (Å²) in [7, 11) is 0. The Morgan fingerprint density at radius 1 is 1.29 bits per heavy atom. The lowest BCUT2D eigenvalue weighted by atomic mass is 10.1. The number of esters is 2. The fraction of sp³-hybridized carbons (Fsp3) is 0.571. The van der Waals surface area contributed by atoms with E-state index in [0.717, 1.165) is 0 Å². The number of nitrogens with two attached hydrogens (primary N) is 1. The summed E-state index contributed by atoms with van der Waals surface area (Å²) in [6.45, 7) is 3.90. The monoisotopic (exact) mass is 339 g/mol. The van der Waals surface area contributed by atoms with Crippen molar-refractivity contribution in [3.05, 3.63) is 10.4 Å². The Bertz CT molecular complexity index is 656. The molecular weight excluding hydrogens is 318 g/mol. The molecule has 0 aromatic carbocycles. The number of fused-ring (bicyclic) bond motifs is 1. The number of nitrogens with zero attached hydrogens (tertiary/aromatic N) is 2. The van der Waals surface area contributed by atoms with Crippen LogP contribution in [0.5, 0.6) is 0 Å². The second kappa shape index (κ2) is 7.66. The van der Waals surface area contributed by atoms with E-state index in [1.807, 2.05) is 4.90 Å². The first-order valence-electron chi connectivity index (χ1n) is 7.52. The highest BCUT2D eigenvalue weighted by Gasteiger charge is 2.25. The van der Waals surface area contributed by atoms with E-state index in [-0.39, 0.29) is 30.6 Å². The van der Waals surface area contributed by atoms with Gasteiger partial charge in [0.05, 0.1) is 19.9 Å². The number of hydrogen-bond acceptors (Lipinski definition) is 9. The van der Waals surface area contributed by atoms with Crippen molar-refractivity contribution in [2.75, 3.05) is 42.4 Å². The molecule has 2 rings (SSSR count). The van der Waals surface area contributed by atoms with Gasteiger partial charge < -0.3 is 25.4 Å². The molecule has 0 bridgehead atoms. The minimum atomic E-state index is -0.392. The van der Waals surface area contributed by atoms with Crippen LogP contribution in [0, 0.1) is 5.92 Å². The Morgan fingerprint density at radius 2 is 1.92 bits per heavy atom. The fourth-order valence-electron chi connectivity index (χ4n) is 2.32. The van der Waals surface area contributed by atoms with Crippen molar-refractivity contribution < 1.29 is 19.1 Å². The van der Waals surface area contributed by atoms with E-state index in [2.05, 4.69) is 15.3 Å². The van der Waals surface area contributed by atoms with Gasteiger partial charge in [-0.3, -0.25) is 19.4 Å². The molecule has 0 unspecified atom stereocenters. The minimum Gasteiger partial charge on any atom is -0.465 e. The molecule has 0 saturated heterocycles. The second-order valence-electron chi connectivity index (χ2n) is 5.51. The third-order valence-corrected chi connectivity index (χ3v) is 3.52. The number of nitrogen functional groups attached to an aromatic ring is 1. The summed E-state index contributed by atoms with van der Waals surface area (Å²) in [5, 5.41) is 2.96. The number of carbonyl (C=O) groups excluding carboxylic acids is 2. The van der Waals surface area contributed by atoms with Crippen molar-refractivity contribution >= 4 is 29.4 Å². The average Bonchev–Trinajstić information content (AvgIpc) is 2.89. The molecule has 1 aromatic rings. The van der Waals surface area contributed by atoms with Crippen LogP contribution >= 0.6 is 0 Å². The third kappa shape index (κ3) is 4.61. The first kappa shape index (κ1) is 17.6. The second-order valence-corrected chi connectivity index (χ2v) is 5.51. The highest BCUT2D eigenvalue weighted by Crippen LogP contribution is 2.26. The maximum Gasteiger partial charge on any atom is 0.302 e. The van der Waals surface area contributed by atoms with Crippen LogP contribution in [0.4, 0.5) is 17.5 Å². The zero-order valence-corrected chi connectivity index (χ0v) is 13.6. The summed E-state index contributed by atoms with van der Waals surface area (Å²) in [5.74, 6) is -0.408. The zero-order valence-electron chi connectivity index (χ0n) is 13.6. The molecule has 4 N–H and O–H groups in total. The highest BCUT2D eigenvalue weighted by atomic mass is 16.5. The number of rotatable bonds is 7. The van der Waals surface area contributed by atoms with Crippen LogP contribution in [0.15, 0.2) is 4.79 Å². The first-order valence-corrected chi connectivity index (χ1v) is 7.52. The van der Waals surface area contributed by atoms with Gasteiger partial charge in [0, 0.05) is 26.3 Å². The van der Waals surface area contributed by atoms with Crippen molar-refractivity contribution in [3.63, 3.8) is 0 Å². The highest BCUT2D eigenvalue weighted by molar-refractivity contribution is 5.70. The van der Waals surface area contributed by atoms with E-state index in [1.54, 1.807) is 0 Å². The lowest BCUT2D eigenvalue weighted by Crippen LogP contribution is -2.29. The van der Waals surface area contributed by atoms with E-state index in [9.17, 15) is 14.4 Å². The molecule has 10 nitrogen and oxygen atoms in total. The average molecular weight is 339 g/mol. The van der Waals surface area contributed by atoms with Crippen molar-refractivity contribution in [2.45, 2.75) is 20.3 Å². The van der Waals surface area contributed by atoms with E-state index in [1.165, 1.54) is 13.8 Å². The summed E-state index contributed by atoms with van der Waals surface area (Å²) in [4.78, 5) is 42.2. The Hall–Kier alpha value is -2.78. The number of hydrogen-bond donors (Lipinski definition) is 3. The molecule has 1 aliphatic rings. The van der Waals surface area contributed by atoms with E-state index < -0.39 is 11.9 Å². The van der Waals surface area contributed by atoms with Gasteiger partial charge in [-0.15, -0.1) is 0 Å². The Morgan fingerprint density at radius 3 is 2.50 bits per heavy atom. The molecule has 0 fully saturated rings. The molecule has 0 saturated carbocycles. The van der Waals surface area contributed by atoms with Gasteiger partial charge in [-0.2, -0.15) is 4.98 Å². The largest absolute Gasteiger partial charge is 0.465 e. The van der Waals surface area contributed by atoms with Crippen molar-refractivity contribution in [1.29, 1.82) is 0 Å². The molecule has 1 aliphatic heterocycles. The van der Waals surface area contributed by atoms with Crippen LogP contribution < -0.4 is 21.5 Å². The molecule has 132 valence electrons. The van der Waals surface area contributed by atoms with Gasteiger partial charge in [0.25, 0.3) is 5.56 Å². The lowest BCUT2D eigenvalue weighted by Gasteiger charge is -2.21. The normalized spacial score (nSPS) is 12.7. The number of H-pyrrole nitrogens is 1. The van der Waals surface area contributed by atoms with Crippen LogP contribution in [0.3, 0.4) is 0 Å². The summed E-state index contributed by atoms with van der Waals surface area (Å²) in [6.07, 6.45) is 0.579. The molecule has 0 aliphatic carbocycles. The molecule has 0 amide bonds. The van der Waals surface area contributed by atoms with Gasteiger partial charge in [0.2, 0.25) is 5.95 Å². The Labute approximate surface area is 138 Å². The first-order chi connectivity index (χ1) is 11.4.